The number of carbonyl (C=O) groups is 1. The van der Waals surface area contributed by atoms with Crippen molar-refractivity contribution in [3.8, 4) is 0 Å². The van der Waals surface area contributed by atoms with Crippen molar-refractivity contribution in [1.82, 2.24) is 5.32 Å². The molecule has 0 aromatic heterocycles. The van der Waals surface area contributed by atoms with Crippen molar-refractivity contribution in [3.05, 3.63) is 0 Å². The molecule has 1 N–H and O–H groups in total. The summed E-state index contributed by atoms with van der Waals surface area (Å²) in [5, 5.41) is 3.85. The third-order valence-electron chi connectivity index (χ3n) is 2.03. The van der Waals surface area contributed by atoms with Crippen molar-refractivity contribution >= 4 is 17.7 Å². The van der Waals surface area contributed by atoms with E-state index in [1.807, 2.05) is 6.92 Å². The molecule has 15 heavy (non-hydrogen) atoms. The van der Waals surface area contributed by atoms with Crippen LogP contribution in [-0.2, 0) is 9.53 Å². The molecule has 0 saturated carbocycles. The third kappa shape index (κ3) is 8.75. The van der Waals surface area contributed by atoms with Gasteiger partial charge < -0.3 is 10.1 Å². The molecule has 0 bridgehead atoms. The molecule has 4 heteroatoms. The summed E-state index contributed by atoms with van der Waals surface area (Å²) < 4.78 is 4.87. The Labute approximate surface area is 97.3 Å². The zero-order valence-corrected chi connectivity index (χ0v) is 11.0. The minimum Gasteiger partial charge on any atom is -0.465 e. The minimum absolute atomic E-state index is 0.106. The first-order chi connectivity index (χ1) is 7.10. The Morgan fingerprint density at radius 2 is 2.07 bits per heavy atom. The average molecular weight is 233 g/mol. The predicted octanol–water partition coefficient (Wildman–Crippen LogP) is 2.06. The van der Waals surface area contributed by atoms with E-state index < -0.39 is 0 Å². The number of hydrogen-bond acceptors (Lipinski definition) is 4. The molecule has 90 valence electrons. The van der Waals surface area contributed by atoms with E-state index in [0.717, 1.165) is 13.0 Å². The zero-order chi connectivity index (χ0) is 11.7. The van der Waals surface area contributed by atoms with Gasteiger partial charge >= 0.3 is 5.97 Å². The second kappa shape index (κ2) is 9.04. The van der Waals surface area contributed by atoms with Gasteiger partial charge in [0.25, 0.3) is 0 Å². The standard InChI is InChI=1S/C11H23NO2S/c1-5-12-9(3)7-10(4)15-8-11(13)14-6-2/h9-10,12H,5-8H2,1-4H3. The van der Waals surface area contributed by atoms with Crippen molar-refractivity contribution < 1.29 is 9.53 Å². The van der Waals surface area contributed by atoms with Crippen molar-refractivity contribution in [3.63, 3.8) is 0 Å². The number of rotatable bonds is 8. The van der Waals surface area contributed by atoms with Gasteiger partial charge in [-0.05, 0) is 26.8 Å². The molecular formula is C11H23NO2S. The molecular weight excluding hydrogens is 210 g/mol. The second-order valence-electron chi connectivity index (χ2n) is 3.62. The van der Waals surface area contributed by atoms with Gasteiger partial charge in [-0.1, -0.05) is 13.8 Å². The van der Waals surface area contributed by atoms with E-state index in [1.54, 1.807) is 11.8 Å². The van der Waals surface area contributed by atoms with Crippen LogP contribution >= 0.6 is 11.8 Å². The van der Waals surface area contributed by atoms with Gasteiger partial charge in [-0.3, -0.25) is 4.79 Å². The minimum atomic E-state index is -0.106. The molecule has 0 aliphatic carbocycles. The number of carbonyl (C=O) groups excluding carboxylic acids is 1. The molecule has 0 aromatic carbocycles. The van der Waals surface area contributed by atoms with Crippen molar-refractivity contribution in [2.45, 2.75) is 45.4 Å². The lowest BCUT2D eigenvalue weighted by Gasteiger charge is -2.17. The lowest BCUT2D eigenvalue weighted by atomic mass is 10.2. The van der Waals surface area contributed by atoms with E-state index >= 15 is 0 Å². The number of esters is 1. The monoisotopic (exact) mass is 233 g/mol. The summed E-state index contributed by atoms with van der Waals surface area (Å²) in [6, 6.07) is 0.514. The van der Waals surface area contributed by atoms with Gasteiger partial charge in [-0.15, -0.1) is 11.8 Å². The van der Waals surface area contributed by atoms with Crippen LogP contribution in [0.5, 0.6) is 0 Å². The largest absolute Gasteiger partial charge is 0.465 e. The fraction of sp³-hybridized carbons (Fsp3) is 0.909. The van der Waals surface area contributed by atoms with Crippen LogP contribution in [0.1, 0.15) is 34.1 Å². The maximum atomic E-state index is 11.1. The average Bonchev–Trinajstić information content (AvgIpc) is 2.15. The van der Waals surface area contributed by atoms with Gasteiger partial charge in [0.05, 0.1) is 12.4 Å². The molecule has 0 aliphatic rings. The van der Waals surface area contributed by atoms with E-state index in [4.69, 9.17) is 4.74 Å². The summed E-state index contributed by atoms with van der Waals surface area (Å²) in [6.07, 6.45) is 1.08. The van der Waals surface area contributed by atoms with Gasteiger partial charge in [-0.25, -0.2) is 0 Å². The van der Waals surface area contributed by atoms with Gasteiger partial charge in [0, 0.05) is 11.3 Å². The van der Waals surface area contributed by atoms with E-state index in [2.05, 4.69) is 26.1 Å². The molecule has 0 amide bonds. The Morgan fingerprint density at radius 3 is 2.60 bits per heavy atom. The molecule has 3 nitrogen and oxygen atoms in total. The first-order valence-corrected chi connectivity index (χ1v) is 6.65. The van der Waals surface area contributed by atoms with Crippen LogP contribution in [0.2, 0.25) is 0 Å². The summed E-state index contributed by atoms with van der Waals surface area (Å²) in [4.78, 5) is 11.1. The Bertz CT molecular complexity index is 176. The Hall–Kier alpha value is -0.220. The number of hydrogen-bond donors (Lipinski definition) is 1. The summed E-state index contributed by atoms with van der Waals surface area (Å²) in [7, 11) is 0. The maximum absolute atomic E-state index is 11.1. The first-order valence-electron chi connectivity index (χ1n) is 5.60. The van der Waals surface area contributed by atoms with Gasteiger partial charge in [0.15, 0.2) is 0 Å². The van der Waals surface area contributed by atoms with E-state index in [-0.39, 0.29) is 5.97 Å². The van der Waals surface area contributed by atoms with Crippen molar-refractivity contribution in [2.24, 2.45) is 0 Å². The third-order valence-corrected chi connectivity index (χ3v) is 3.19. The lowest BCUT2D eigenvalue weighted by Crippen LogP contribution is -2.28. The number of thioether (sulfide) groups is 1. The highest BCUT2D eigenvalue weighted by molar-refractivity contribution is 8.00. The van der Waals surface area contributed by atoms with Crippen molar-refractivity contribution in [2.75, 3.05) is 18.9 Å². The normalized spacial score (nSPS) is 14.7. The van der Waals surface area contributed by atoms with Crippen molar-refractivity contribution in [1.29, 1.82) is 0 Å². The first kappa shape index (κ1) is 14.8. The van der Waals surface area contributed by atoms with Crippen LogP contribution in [0.15, 0.2) is 0 Å². The quantitative estimate of drug-likeness (QED) is 0.651. The number of nitrogens with one attached hydrogen (secondary N) is 1. The Morgan fingerprint density at radius 1 is 1.40 bits per heavy atom. The highest BCUT2D eigenvalue weighted by Crippen LogP contribution is 2.15. The summed E-state index contributed by atoms with van der Waals surface area (Å²) >= 11 is 1.66. The molecule has 0 heterocycles. The van der Waals surface area contributed by atoms with Crippen LogP contribution in [0.4, 0.5) is 0 Å². The number of ether oxygens (including phenoxy) is 1. The molecule has 2 atom stereocenters. The van der Waals surface area contributed by atoms with Crippen LogP contribution in [-0.4, -0.2) is 36.2 Å². The SMILES string of the molecule is CCNC(C)CC(C)SCC(=O)OCC. The molecule has 0 aromatic rings. The fourth-order valence-corrected chi connectivity index (χ4v) is 2.34. The van der Waals surface area contributed by atoms with Gasteiger partial charge in [-0.2, -0.15) is 0 Å². The second-order valence-corrected chi connectivity index (χ2v) is 5.05. The molecule has 0 radical (unpaired) electrons. The summed E-state index contributed by atoms with van der Waals surface area (Å²) in [5.74, 6) is 0.360. The van der Waals surface area contributed by atoms with E-state index in [9.17, 15) is 4.79 Å². The smallest absolute Gasteiger partial charge is 0.315 e. The summed E-state index contributed by atoms with van der Waals surface area (Å²) in [5.41, 5.74) is 0. The topological polar surface area (TPSA) is 38.3 Å². The molecule has 0 spiro atoms. The Balaban J connectivity index is 3.55. The highest BCUT2D eigenvalue weighted by Gasteiger charge is 2.10. The molecule has 0 saturated heterocycles. The summed E-state index contributed by atoms with van der Waals surface area (Å²) in [6.45, 7) is 9.73. The van der Waals surface area contributed by atoms with Gasteiger partial charge in [0.1, 0.15) is 0 Å². The van der Waals surface area contributed by atoms with E-state index in [0.29, 0.717) is 23.7 Å². The highest BCUT2D eigenvalue weighted by atomic mass is 32.2. The molecule has 0 aliphatic heterocycles. The van der Waals surface area contributed by atoms with Gasteiger partial charge in [0.2, 0.25) is 0 Å². The lowest BCUT2D eigenvalue weighted by molar-refractivity contribution is -0.139. The molecule has 2 unspecified atom stereocenters. The zero-order valence-electron chi connectivity index (χ0n) is 10.2. The molecule has 0 fully saturated rings. The van der Waals surface area contributed by atoms with Crippen LogP contribution in [0.3, 0.4) is 0 Å². The maximum Gasteiger partial charge on any atom is 0.315 e. The predicted molar refractivity (Wildman–Crippen MR) is 66.3 cm³/mol. The Kier molecular flexibility index (Phi) is 8.91. The van der Waals surface area contributed by atoms with Crippen LogP contribution in [0.25, 0.3) is 0 Å². The fourth-order valence-electron chi connectivity index (χ4n) is 1.41. The van der Waals surface area contributed by atoms with E-state index in [1.165, 1.54) is 0 Å². The van der Waals surface area contributed by atoms with Crippen LogP contribution in [0, 0.1) is 0 Å². The van der Waals surface area contributed by atoms with Crippen LogP contribution < -0.4 is 5.32 Å². The molecule has 0 rings (SSSR count).